The largest absolute Gasteiger partial charge is 0.476 e. The van der Waals surface area contributed by atoms with Crippen LogP contribution in [-0.2, 0) is 9.22 Å². The average molecular weight is 356 g/mol. The fraction of sp³-hybridized carbons (Fsp3) is 0.111. The summed E-state index contributed by atoms with van der Waals surface area (Å²) in [6, 6.07) is 16.8. The molecule has 6 nitrogen and oxygen atoms in total. The van der Waals surface area contributed by atoms with Crippen LogP contribution in [0.15, 0.2) is 59.5 Å². The smallest absolute Gasteiger partial charge is 0.356 e. The van der Waals surface area contributed by atoms with Crippen LogP contribution in [0.1, 0.15) is 16.1 Å². The molecule has 0 saturated heterocycles. The van der Waals surface area contributed by atoms with Crippen molar-refractivity contribution < 1.29 is 19.1 Å². The number of aromatic carboxylic acids is 1. The van der Waals surface area contributed by atoms with Gasteiger partial charge in [-0.05, 0) is 37.3 Å². The van der Waals surface area contributed by atoms with Crippen molar-refractivity contribution in [3.63, 3.8) is 0 Å². The topological polar surface area (TPSA) is 73.6 Å². The highest BCUT2D eigenvalue weighted by atomic mass is 32.2. The molecular formula is C18H16N2O4S. The highest BCUT2D eigenvalue weighted by Gasteiger charge is 2.16. The SMILES string of the molecule is COOSc1ccc(-n2nc(C(=O)O)cc2-c2ccc(C)cc2)cc1. The lowest BCUT2D eigenvalue weighted by molar-refractivity contribution is -0.160. The molecule has 128 valence electrons. The number of hydrogen-bond donors (Lipinski definition) is 1. The van der Waals surface area contributed by atoms with E-state index in [-0.39, 0.29) is 5.69 Å². The van der Waals surface area contributed by atoms with E-state index >= 15 is 0 Å². The maximum Gasteiger partial charge on any atom is 0.356 e. The number of aromatic nitrogens is 2. The van der Waals surface area contributed by atoms with Gasteiger partial charge in [-0.3, -0.25) is 0 Å². The Labute approximate surface area is 149 Å². The van der Waals surface area contributed by atoms with Crippen LogP contribution in [0, 0.1) is 6.92 Å². The summed E-state index contributed by atoms with van der Waals surface area (Å²) in [5, 5.41) is 13.5. The Morgan fingerprint density at radius 2 is 1.80 bits per heavy atom. The summed E-state index contributed by atoms with van der Waals surface area (Å²) in [5.74, 6) is -1.06. The fourth-order valence-corrected chi connectivity index (χ4v) is 2.72. The number of nitrogens with zero attached hydrogens (tertiary/aromatic N) is 2. The minimum atomic E-state index is -1.06. The summed E-state index contributed by atoms with van der Waals surface area (Å²) in [7, 11) is 1.44. The Morgan fingerprint density at radius 1 is 1.12 bits per heavy atom. The summed E-state index contributed by atoms with van der Waals surface area (Å²) in [5.41, 5.74) is 3.49. The Balaban J connectivity index is 2.02. The van der Waals surface area contributed by atoms with Crippen molar-refractivity contribution in [2.24, 2.45) is 0 Å². The predicted molar refractivity (Wildman–Crippen MR) is 94.6 cm³/mol. The van der Waals surface area contributed by atoms with Gasteiger partial charge in [0.25, 0.3) is 0 Å². The predicted octanol–water partition coefficient (Wildman–Crippen LogP) is 4.13. The number of hydrogen-bond acceptors (Lipinski definition) is 5. The van der Waals surface area contributed by atoms with Crippen LogP contribution in [0.3, 0.4) is 0 Å². The molecule has 7 heteroatoms. The van der Waals surface area contributed by atoms with Crippen LogP contribution in [0.4, 0.5) is 0 Å². The van der Waals surface area contributed by atoms with E-state index in [0.29, 0.717) is 5.69 Å². The van der Waals surface area contributed by atoms with Crippen molar-refractivity contribution in [1.29, 1.82) is 0 Å². The van der Waals surface area contributed by atoms with Crippen LogP contribution in [0.5, 0.6) is 0 Å². The molecule has 0 aliphatic rings. The number of benzene rings is 2. The van der Waals surface area contributed by atoms with Crippen LogP contribution < -0.4 is 0 Å². The Morgan fingerprint density at radius 3 is 2.40 bits per heavy atom. The molecule has 0 spiro atoms. The van der Waals surface area contributed by atoms with Gasteiger partial charge in [0.05, 0.1) is 30.5 Å². The zero-order valence-corrected chi connectivity index (χ0v) is 14.5. The molecule has 1 heterocycles. The quantitative estimate of drug-likeness (QED) is 0.407. The maximum absolute atomic E-state index is 11.3. The zero-order valence-electron chi connectivity index (χ0n) is 13.7. The number of aryl methyl sites for hydroxylation is 1. The lowest BCUT2D eigenvalue weighted by Gasteiger charge is -2.08. The van der Waals surface area contributed by atoms with Crippen molar-refractivity contribution in [3.8, 4) is 16.9 Å². The molecule has 1 aromatic heterocycles. The first-order valence-electron chi connectivity index (χ1n) is 7.46. The maximum atomic E-state index is 11.3. The molecule has 0 aliphatic carbocycles. The van der Waals surface area contributed by atoms with E-state index < -0.39 is 5.97 Å². The normalized spacial score (nSPS) is 10.8. The summed E-state index contributed by atoms with van der Waals surface area (Å²) in [6.07, 6.45) is 0. The molecule has 0 bridgehead atoms. The van der Waals surface area contributed by atoms with Gasteiger partial charge in [-0.1, -0.05) is 29.8 Å². The van der Waals surface area contributed by atoms with Crippen molar-refractivity contribution in [2.75, 3.05) is 7.11 Å². The molecule has 0 radical (unpaired) electrons. The molecule has 1 N–H and O–H groups in total. The Hall–Kier alpha value is -2.61. The molecule has 25 heavy (non-hydrogen) atoms. The van der Waals surface area contributed by atoms with Gasteiger partial charge in [-0.15, -0.1) is 0 Å². The van der Waals surface area contributed by atoms with Crippen LogP contribution in [0.2, 0.25) is 0 Å². The lowest BCUT2D eigenvalue weighted by atomic mass is 10.1. The van der Waals surface area contributed by atoms with E-state index in [1.807, 2.05) is 55.5 Å². The van der Waals surface area contributed by atoms with Crippen LogP contribution in [-0.4, -0.2) is 28.0 Å². The van der Waals surface area contributed by atoms with Gasteiger partial charge in [0.1, 0.15) is 0 Å². The highest BCUT2D eigenvalue weighted by molar-refractivity contribution is 7.94. The second-order valence-corrected chi connectivity index (χ2v) is 6.08. The van der Waals surface area contributed by atoms with E-state index in [0.717, 1.165) is 33.8 Å². The Bertz CT molecular complexity index is 873. The zero-order chi connectivity index (χ0) is 17.8. The third-order valence-electron chi connectivity index (χ3n) is 3.56. The molecule has 3 aromatic rings. The van der Waals surface area contributed by atoms with E-state index in [4.69, 9.17) is 4.33 Å². The number of carboxylic acid groups (broad SMARTS) is 1. The van der Waals surface area contributed by atoms with E-state index in [1.165, 1.54) is 7.11 Å². The highest BCUT2D eigenvalue weighted by Crippen LogP contribution is 2.26. The second-order valence-electron chi connectivity index (χ2n) is 5.31. The number of rotatable bonds is 6. The van der Waals surface area contributed by atoms with Crippen molar-refractivity contribution >= 4 is 18.0 Å². The van der Waals surface area contributed by atoms with Crippen LogP contribution >= 0.6 is 12.0 Å². The third kappa shape index (κ3) is 3.90. The summed E-state index contributed by atoms with van der Waals surface area (Å²) in [6.45, 7) is 2.00. The minimum Gasteiger partial charge on any atom is -0.476 e. The monoisotopic (exact) mass is 356 g/mol. The fourth-order valence-electron chi connectivity index (χ4n) is 2.33. The third-order valence-corrected chi connectivity index (χ3v) is 4.22. The van der Waals surface area contributed by atoms with Gasteiger partial charge in [0.15, 0.2) is 5.69 Å². The van der Waals surface area contributed by atoms with E-state index in [1.54, 1.807) is 10.7 Å². The minimum absolute atomic E-state index is 0.00302. The number of carboxylic acids is 1. The van der Waals surface area contributed by atoms with Gasteiger partial charge < -0.3 is 5.11 Å². The number of carbonyl (C=O) groups is 1. The molecule has 0 unspecified atom stereocenters. The summed E-state index contributed by atoms with van der Waals surface area (Å²) >= 11 is 1.09. The van der Waals surface area contributed by atoms with E-state index in [2.05, 4.69) is 9.99 Å². The molecule has 2 aromatic carbocycles. The standard InChI is InChI=1S/C18H16N2O4S/c1-12-3-5-13(6-4-12)17-11-16(18(21)22)19-20(17)14-7-9-15(10-8-14)25-24-23-2/h3-11H,1-2H3,(H,21,22). The molecule has 0 saturated carbocycles. The lowest BCUT2D eigenvalue weighted by Crippen LogP contribution is -2.02. The molecule has 0 fully saturated rings. The second kappa shape index (κ2) is 7.52. The molecular weight excluding hydrogens is 340 g/mol. The molecule has 3 rings (SSSR count). The van der Waals surface area contributed by atoms with Crippen molar-refractivity contribution in [1.82, 2.24) is 9.78 Å². The first-order valence-corrected chi connectivity index (χ1v) is 8.21. The van der Waals surface area contributed by atoms with Crippen LogP contribution in [0.25, 0.3) is 16.9 Å². The van der Waals surface area contributed by atoms with Gasteiger partial charge in [0.2, 0.25) is 0 Å². The van der Waals surface area contributed by atoms with Gasteiger partial charge in [0, 0.05) is 10.5 Å². The summed E-state index contributed by atoms with van der Waals surface area (Å²) < 4.78 is 6.45. The van der Waals surface area contributed by atoms with Gasteiger partial charge in [-0.25, -0.2) is 14.4 Å². The van der Waals surface area contributed by atoms with Gasteiger partial charge >= 0.3 is 5.97 Å². The average Bonchev–Trinajstić information content (AvgIpc) is 3.07. The summed E-state index contributed by atoms with van der Waals surface area (Å²) in [4.78, 5) is 16.8. The van der Waals surface area contributed by atoms with Crippen molar-refractivity contribution in [3.05, 3.63) is 65.9 Å². The molecule has 0 amide bonds. The van der Waals surface area contributed by atoms with Gasteiger partial charge in [-0.2, -0.15) is 9.43 Å². The first-order chi connectivity index (χ1) is 12.1. The molecule has 0 atom stereocenters. The Kier molecular flexibility index (Phi) is 5.18. The van der Waals surface area contributed by atoms with Crippen molar-refractivity contribution in [2.45, 2.75) is 11.8 Å². The molecule has 0 aliphatic heterocycles. The first kappa shape index (κ1) is 17.2. The van der Waals surface area contributed by atoms with E-state index in [9.17, 15) is 9.90 Å².